The molecule has 0 saturated carbocycles. The van der Waals surface area contributed by atoms with Gasteiger partial charge in [0.2, 0.25) is 0 Å². The number of alkyl halides is 3. The maximum atomic E-state index is 13.2. The van der Waals surface area contributed by atoms with Gasteiger partial charge in [0.25, 0.3) is 0 Å². The summed E-state index contributed by atoms with van der Waals surface area (Å²) in [6.07, 6.45) is -2.98. The number of likely N-dealkylation sites (tertiary alicyclic amines) is 1. The van der Waals surface area contributed by atoms with E-state index in [4.69, 9.17) is 11.6 Å². The van der Waals surface area contributed by atoms with Crippen LogP contribution in [0.5, 0.6) is 0 Å². The Balaban J connectivity index is 1.85. The molecule has 0 bridgehead atoms. The summed E-state index contributed by atoms with van der Waals surface area (Å²) < 4.78 is 50.0. The highest BCUT2D eigenvalue weighted by Crippen LogP contribution is 2.23. The normalized spacial score (nSPS) is 18.2. The van der Waals surface area contributed by atoms with E-state index in [1.807, 2.05) is 0 Å². The fourth-order valence-electron chi connectivity index (χ4n) is 2.36. The van der Waals surface area contributed by atoms with Gasteiger partial charge in [0.1, 0.15) is 5.82 Å². The Hall–Kier alpha value is -1.01. The van der Waals surface area contributed by atoms with E-state index in [0.717, 1.165) is 0 Å². The summed E-state index contributed by atoms with van der Waals surface area (Å²) in [5, 5.41) is 3.41. The lowest BCUT2D eigenvalue weighted by atomic mass is 10.0. The zero-order chi connectivity index (χ0) is 14.8. The van der Waals surface area contributed by atoms with Crippen molar-refractivity contribution >= 4 is 17.3 Å². The minimum atomic E-state index is -4.16. The third kappa shape index (κ3) is 4.83. The number of piperidine rings is 1. The van der Waals surface area contributed by atoms with Gasteiger partial charge in [-0.05, 0) is 31.0 Å². The molecule has 0 amide bonds. The molecule has 2 rings (SSSR count). The Kier molecular flexibility index (Phi) is 4.75. The highest BCUT2D eigenvalue weighted by Gasteiger charge is 2.32. The van der Waals surface area contributed by atoms with Crippen LogP contribution in [0.1, 0.15) is 12.8 Å². The molecule has 0 unspecified atom stereocenters. The van der Waals surface area contributed by atoms with Crippen molar-refractivity contribution < 1.29 is 17.6 Å². The van der Waals surface area contributed by atoms with E-state index in [2.05, 4.69) is 5.32 Å². The molecule has 1 N–H and O–H groups in total. The van der Waals surface area contributed by atoms with E-state index >= 15 is 0 Å². The van der Waals surface area contributed by atoms with Gasteiger partial charge < -0.3 is 5.32 Å². The predicted molar refractivity (Wildman–Crippen MR) is 70.5 cm³/mol. The van der Waals surface area contributed by atoms with Gasteiger partial charge in [0.05, 0.1) is 6.54 Å². The van der Waals surface area contributed by atoms with Gasteiger partial charge in [0, 0.05) is 29.8 Å². The second-order valence-electron chi connectivity index (χ2n) is 4.97. The molecule has 1 aliphatic heterocycles. The average Bonchev–Trinajstić information content (AvgIpc) is 2.28. The first-order valence-electron chi connectivity index (χ1n) is 6.33. The van der Waals surface area contributed by atoms with E-state index in [-0.39, 0.29) is 6.04 Å². The molecule has 1 aromatic rings. The Morgan fingerprint density at radius 2 is 1.85 bits per heavy atom. The van der Waals surface area contributed by atoms with Gasteiger partial charge in [-0.2, -0.15) is 13.2 Å². The standard InChI is InChI=1S/C13H15ClF4N2/c14-9-5-10(15)7-12(6-9)19-11-1-3-20(4-2-11)8-13(16,17)18/h5-7,11,19H,1-4,8H2. The third-order valence-corrected chi connectivity index (χ3v) is 3.44. The molecule has 1 heterocycles. The quantitative estimate of drug-likeness (QED) is 0.851. The summed E-state index contributed by atoms with van der Waals surface area (Å²) in [5.41, 5.74) is 0.560. The monoisotopic (exact) mass is 310 g/mol. The minimum absolute atomic E-state index is 0.0392. The van der Waals surface area contributed by atoms with E-state index < -0.39 is 18.5 Å². The largest absolute Gasteiger partial charge is 0.401 e. The summed E-state index contributed by atoms with van der Waals surface area (Å²) in [7, 11) is 0. The van der Waals surface area contributed by atoms with E-state index in [9.17, 15) is 17.6 Å². The van der Waals surface area contributed by atoms with Crippen molar-refractivity contribution in [2.24, 2.45) is 0 Å². The average molecular weight is 311 g/mol. The second kappa shape index (κ2) is 6.18. The van der Waals surface area contributed by atoms with Crippen LogP contribution < -0.4 is 5.32 Å². The summed E-state index contributed by atoms with van der Waals surface area (Å²) >= 11 is 5.75. The first-order valence-corrected chi connectivity index (χ1v) is 6.71. The highest BCUT2D eigenvalue weighted by atomic mass is 35.5. The number of anilines is 1. The molecule has 112 valence electrons. The maximum Gasteiger partial charge on any atom is 0.401 e. The molecular formula is C13H15ClF4N2. The molecule has 0 aliphatic carbocycles. The molecule has 0 spiro atoms. The van der Waals surface area contributed by atoms with Crippen molar-refractivity contribution in [2.45, 2.75) is 25.1 Å². The number of halogens is 5. The summed E-state index contributed by atoms with van der Waals surface area (Å²) in [5.74, 6) is -0.436. The van der Waals surface area contributed by atoms with Crippen LogP contribution in [0.2, 0.25) is 5.02 Å². The molecule has 1 fully saturated rings. The van der Waals surface area contributed by atoms with Crippen LogP contribution in [0.3, 0.4) is 0 Å². The van der Waals surface area contributed by atoms with Gasteiger partial charge in [-0.25, -0.2) is 4.39 Å². The lowest BCUT2D eigenvalue weighted by molar-refractivity contribution is -0.147. The molecule has 0 atom stereocenters. The van der Waals surface area contributed by atoms with Gasteiger partial charge in [-0.1, -0.05) is 11.6 Å². The molecule has 1 saturated heterocycles. The smallest absolute Gasteiger partial charge is 0.382 e. The fourth-order valence-corrected chi connectivity index (χ4v) is 2.58. The van der Waals surface area contributed by atoms with Gasteiger partial charge in [-0.15, -0.1) is 0 Å². The van der Waals surface area contributed by atoms with Crippen molar-refractivity contribution in [3.63, 3.8) is 0 Å². The highest BCUT2D eigenvalue weighted by molar-refractivity contribution is 6.30. The third-order valence-electron chi connectivity index (χ3n) is 3.22. The van der Waals surface area contributed by atoms with Crippen LogP contribution >= 0.6 is 11.6 Å². The van der Waals surface area contributed by atoms with Crippen molar-refractivity contribution in [3.05, 3.63) is 29.0 Å². The van der Waals surface area contributed by atoms with Crippen LogP contribution in [-0.2, 0) is 0 Å². The van der Waals surface area contributed by atoms with E-state index in [1.54, 1.807) is 6.07 Å². The minimum Gasteiger partial charge on any atom is -0.382 e. The van der Waals surface area contributed by atoms with Gasteiger partial charge in [-0.3, -0.25) is 4.90 Å². The van der Waals surface area contributed by atoms with Crippen LogP contribution in [0.4, 0.5) is 23.2 Å². The SMILES string of the molecule is Fc1cc(Cl)cc(NC2CCN(CC(F)(F)F)CC2)c1. The lowest BCUT2D eigenvalue weighted by Gasteiger charge is -2.33. The molecular weight excluding hydrogens is 296 g/mol. The number of benzene rings is 1. The van der Waals surface area contributed by atoms with Crippen molar-refractivity contribution in [3.8, 4) is 0 Å². The molecule has 0 radical (unpaired) electrons. The molecule has 7 heteroatoms. The van der Waals surface area contributed by atoms with Gasteiger partial charge >= 0.3 is 6.18 Å². The topological polar surface area (TPSA) is 15.3 Å². The number of hydrogen-bond acceptors (Lipinski definition) is 2. The zero-order valence-electron chi connectivity index (χ0n) is 10.7. The second-order valence-corrected chi connectivity index (χ2v) is 5.40. The van der Waals surface area contributed by atoms with Crippen molar-refractivity contribution in [1.82, 2.24) is 4.90 Å². The first-order chi connectivity index (χ1) is 9.32. The maximum absolute atomic E-state index is 13.2. The van der Waals surface area contributed by atoms with Crippen molar-refractivity contribution in [1.29, 1.82) is 0 Å². The van der Waals surface area contributed by atoms with Gasteiger partial charge in [0.15, 0.2) is 0 Å². The number of nitrogens with one attached hydrogen (secondary N) is 1. The Bertz CT molecular complexity index is 436. The van der Waals surface area contributed by atoms with E-state index in [0.29, 0.717) is 36.6 Å². The molecule has 1 aromatic carbocycles. The summed E-state index contributed by atoms with van der Waals surface area (Å²) in [6, 6.07) is 4.18. The number of nitrogens with zero attached hydrogens (tertiary/aromatic N) is 1. The molecule has 1 aliphatic rings. The van der Waals surface area contributed by atoms with Crippen LogP contribution in [0.25, 0.3) is 0 Å². The number of hydrogen-bond donors (Lipinski definition) is 1. The lowest BCUT2D eigenvalue weighted by Crippen LogP contribution is -2.43. The fraction of sp³-hybridized carbons (Fsp3) is 0.538. The van der Waals surface area contributed by atoms with Crippen LogP contribution in [-0.4, -0.2) is 36.8 Å². The molecule has 2 nitrogen and oxygen atoms in total. The van der Waals surface area contributed by atoms with Crippen LogP contribution in [0.15, 0.2) is 18.2 Å². The van der Waals surface area contributed by atoms with E-state index in [1.165, 1.54) is 17.0 Å². The molecule has 20 heavy (non-hydrogen) atoms. The van der Waals surface area contributed by atoms with Crippen molar-refractivity contribution in [2.75, 3.05) is 25.0 Å². The Labute approximate surface area is 119 Å². The zero-order valence-corrected chi connectivity index (χ0v) is 11.4. The summed E-state index contributed by atoms with van der Waals surface area (Å²) in [6.45, 7) is -0.119. The Morgan fingerprint density at radius 3 is 2.40 bits per heavy atom. The molecule has 0 aromatic heterocycles. The summed E-state index contributed by atoms with van der Waals surface area (Å²) in [4.78, 5) is 1.39. The Morgan fingerprint density at radius 1 is 1.20 bits per heavy atom. The first kappa shape index (κ1) is 15.4. The van der Waals surface area contributed by atoms with Crippen LogP contribution in [0, 0.1) is 5.82 Å². The predicted octanol–water partition coefficient (Wildman–Crippen LogP) is 3.92. The number of rotatable bonds is 3.